The Bertz CT molecular complexity index is 949. The van der Waals surface area contributed by atoms with Crippen LogP contribution in [0.4, 0.5) is 0 Å². The zero-order chi connectivity index (χ0) is 19.4. The highest BCUT2D eigenvalue weighted by molar-refractivity contribution is 6.61. The lowest BCUT2D eigenvalue weighted by molar-refractivity contribution is 0.103. The van der Waals surface area contributed by atoms with Crippen LogP contribution in [-0.4, -0.2) is 28.0 Å². The summed E-state index contributed by atoms with van der Waals surface area (Å²) in [5, 5.41) is 0. The van der Waals surface area contributed by atoms with Crippen molar-refractivity contribution in [3.8, 4) is 17.2 Å². The molecule has 0 spiro atoms. The van der Waals surface area contributed by atoms with E-state index in [1.807, 2.05) is 18.2 Å². The Morgan fingerprint density at radius 3 is 1.96 bits per heavy atom. The number of carbonyl (C=O) groups is 1. The molecular weight excluding hydrogens is 334 g/mol. The first-order valence-corrected chi connectivity index (χ1v) is 9.09. The molecule has 0 heterocycles. The quantitative estimate of drug-likeness (QED) is 0.503. The van der Waals surface area contributed by atoms with Gasteiger partial charge in [0.15, 0.2) is 13.1 Å². The fourth-order valence-electron chi connectivity index (χ4n) is 3.09. The van der Waals surface area contributed by atoms with Crippen molar-refractivity contribution in [1.82, 2.24) is 0 Å². The molecule has 0 saturated carbocycles. The molecule has 0 fully saturated rings. The van der Waals surface area contributed by atoms with Crippen molar-refractivity contribution in [2.45, 2.75) is 13.7 Å². The maximum Gasteiger partial charge on any atom is 0.193 e. The van der Waals surface area contributed by atoms with Crippen LogP contribution >= 0.6 is 0 Å². The third-order valence-corrected chi connectivity index (χ3v) is 4.88. The number of benzene rings is 3. The van der Waals surface area contributed by atoms with Crippen molar-refractivity contribution < 1.29 is 14.3 Å². The van der Waals surface area contributed by atoms with Crippen molar-refractivity contribution in [2.24, 2.45) is 0 Å². The van der Waals surface area contributed by atoms with Gasteiger partial charge in [0, 0.05) is 11.1 Å². The second-order valence-corrected chi connectivity index (χ2v) is 6.52. The number of carbonyl (C=O) groups excluding carboxylic acids is 1. The summed E-state index contributed by atoms with van der Waals surface area (Å²) in [4.78, 5) is 12.6. The normalized spacial score (nSPS) is 10.3. The monoisotopic (exact) mass is 356 g/mol. The second-order valence-electron chi connectivity index (χ2n) is 6.52. The van der Waals surface area contributed by atoms with Crippen LogP contribution in [0, 0.1) is 6.92 Å². The standard InChI is InChI=1S/C22H22B2O3/c1-14-4-13-19(21(24-2)20(14)23)27-18-11-7-16(8-12-18)22(25)15-5-9-17(26-3)10-6-15/h4-13,24H,23H2,1-3H3. The smallest absolute Gasteiger partial charge is 0.193 e. The molecule has 0 aliphatic rings. The van der Waals surface area contributed by atoms with Crippen LogP contribution in [0.25, 0.3) is 0 Å². The van der Waals surface area contributed by atoms with Gasteiger partial charge in [-0.1, -0.05) is 23.9 Å². The minimum absolute atomic E-state index is 0.0235. The van der Waals surface area contributed by atoms with Crippen LogP contribution in [0.3, 0.4) is 0 Å². The largest absolute Gasteiger partial charge is 0.497 e. The van der Waals surface area contributed by atoms with Gasteiger partial charge in [0.05, 0.1) is 7.11 Å². The van der Waals surface area contributed by atoms with Gasteiger partial charge in [-0.3, -0.25) is 4.79 Å². The fourth-order valence-corrected chi connectivity index (χ4v) is 3.09. The van der Waals surface area contributed by atoms with Gasteiger partial charge in [-0.15, -0.1) is 0 Å². The molecular formula is C22H22B2O3. The Morgan fingerprint density at radius 1 is 0.889 bits per heavy atom. The number of rotatable bonds is 6. The molecule has 0 N–H and O–H groups in total. The van der Waals surface area contributed by atoms with E-state index in [-0.39, 0.29) is 5.78 Å². The summed E-state index contributed by atoms with van der Waals surface area (Å²) in [5.41, 5.74) is 5.00. The summed E-state index contributed by atoms with van der Waals surface area (Å²) in [6.07, 6.45) is 0. The molecule has 0 bridgehead atoms. The minimum atomic E-state index is -0.0235. The number of ether oxygens (including phenoxy) is 2. The SMILES string of the molecule is Bc1c(C)ccc(Oc2ccc(C(=O)c3ccc(OC)cc3)cc2)c1BC. The number of hydrogen-bond donors (Lipinski definition) is 0. The molecule has 0 saturated heterocycles. The molecule has 3 aromatic carbocycles. The maximum atomic E-state index is 12.6. The topological polar surface area (TPSA) is 35.5 Å². The lowest BCUT2D eigenvalue weighted by Gasteiger charge is -2.14. The van der Waals surface area contributed by atoms with E-state index in [2.05, 4.69) is 27.7 Å². The first-order valence-electron chi connectivity index (χ1n) is 9.09. The molecule has 0 aliphatic carbocycles. The average molecular weight is 356 g/mol. The molecule has 0 aliphatic heterocycles. The van der Waals surface area contributed by atoms with E-state index in [0.717, 1.165) is 24.5 Å². The van der Waals surface area contributed by atoms with Gasteiger partial charge in [0.2, 0.25) is 0 Å². The number of hydrogen-bond acceptors (Lipinski definition) is 3. The van der Waals surface area contributed by atoms with Crippen LogP contribution in [0.5, 0.6) is 17.2 Å². The van der Waals surface area contributed by atoms with E-state index in [1.54, 1.807) is 43.5 Å². The molecule has 3 rings (SSSR count). The number of methoxy groups -OCH3 is 1. The predicted molar refractivity (Wildman–Crippen MR) is 115 cm³/mol. The Balaban J connectivity index is 1.79. The van der Waals surface area contributed by atoms with E-state index in [1.165, 1.54) is 16.5 Å². The molecule has 0 radical (unpaired) electrons. The zero-order valence-corrected chi connectivity index (χ0v) is 16.2. The third kappa shape index (κ3) is 4.08. The second kappa shape index (κ2) is 8.17. The van der Waals surface area contributed by atoms with Crippen molar-refractivity contribution >= 4 is 31.8 Å². The highest BCUT2D eigenvalue weighted by Gasteiger charge is 2.11. The molecule has 27 heavy (non-hydrogen) atoms. The molecule has 0 unspecified atom stereocenters. The molecule has 134 valence electrons. The van der Waals surface area contributed by atoms with Crippen LogP contribution in [0.15, 0.2) is 60.7 Å². The van der Waals surface area contributed by atoms with E-state index >= 15 is 0 Å². The summed E-state index contributed by atoms with van der Waals surface area (Å²) >= 11 is 0. The molecule has 0 amide bonds. The summed E-state index contributed by atoms with van der Waals surface area (Å²) in [6.45, 7) is 4.24. The van der Waals surface area contributed by atoms with Gasteiger partial charge in [0.1, 0.15) is 25.1 Å². The van der Waals surface area contributed by atoms with E-state index in [0.29, 0.717) is 11.1 Å². The van der Waals surface area contributed by atoms with Crippen molar-refractivity contribution in [1.29, 1.82) is 0 Å². The Labute approximate surface area is 162 Å². The summed E-state index contributed by atoms with van der Waals surface area (Å²) in [5.74, 6) is 2.30. The summed E-state index contributed by atoms with van der Waals surface area (Å²) in [6, 6.07) is 18.5. The lowest BCUT2D eigenvalue weighted by atomic mass is 9.65. The van der Waals surface area contributed by atoms with Crippen LogP contribution in [-0.2, 0) is 0 Å². The van der Waals surface area contributed by atoms with Gasteiger partial charge >= 0.3 is 0 Å². The van der Waals surface area contributed by atoms with E-state index in [9.17, 15) is 4.79 Å². The highest BCUT2D eigenvalue weighted by atomic mass is 16.5. The lowest BCUT2D eigenvalue weighted by Crippen LogP contribution is -2.33. The van der Waals surface area contributed by atoms with Crippen molar-refractivity contribution in [2.75, 3.05) is 7.11 Å². The van der Waals surface area contributed by atoms with Crippen molar-refractivity contribution in [3.05, 3.63) is 77.4 Å². The van der Waals surface area contributed by atoms with Gasteiger partial charge in [0.25, 0.3) is 0 Å². The van der Waals surface area contributed by atoms with Crippen molar-refractivity contribution in [3.63, 3.8) is 0 Å². The molecule has 0 aromatic heterocycles. The third-order valence-electron chi connectivity index (χ3n) is 4.88. The van der Waals surface area contributed by atoms with Gasteiger partial charge < -0.3 is 9.47 Å². The minimum Gasteiger partial charge on any atom is -0.497 e. The molecule has 0 atom stereocenters. The van der Waals surface area contributed by atoms with Crippen LogP contribution < -0.4 is 20.4 Å². The zero-order valence-electron chi connectivity index (χ0n) is 16.2. The Kier molecular flexibility index (Phi) is 5.70. The Hall–Kier alpha value is -2.94. The number of aryl methyl sites for hydroxylation is 1. The first-order chi connectivity index (χ1) is 13.0. The summed E-state index contributed by atoms with van der Waals surface area (Å²) < 4.78 is 11.2. The fraction of sp³-hybridized carbons (Fsp3) is 0.136. The van der Waals surface area contributed by atoms with E-state index < -0.39 is 0 Å². The highest BCUT2D eigenvalue weighted by Crippen LogP contribution is 2.22. The molecule has 3 aromatic rings. The van der Waals surface area contributed by atoms with Gasteiger partial charge in [-0.05, 0) is 67.0 Å². The van der Waals surface area contributed by atoms with Crippen LogP contribution in [0.1, 0.15) is 21.5 Å². The first kappa shape index (κ1) is 18.8. The molecule has 3 nitrogen and oxygen atoms in total. The van der Waals surface area contributed by atoms with Gasteiger partial charge in [-0.2, -0.15) is 0 Å². The van der Waals surface area contributed by atoms with E-state index in [4.69, 9.17) is 9.47 Å². The number of ketones is 1. The van der Waals surface area contributed by atoms with Gasteiger partial charge in [-0.25, -0.2) is 0 Å². The predicted octanol–water partition coefficient (Wildman–Crippen LogP) is 2.40. The molecule has 5 heteroatoms. The van der Waals surface area contributed by atoms with Crippen LogP contribution in [0.2, 0.25) is 6.82 Å². The summed E-state index contributed by atoms with van der Waals surface area (Å²) in [7, 11) is 4.64. The Morgan fingerprint density at radius 2 is 1.44 bits per heavy atom. The average Bonchev–Trinajstić information content (AvgIpc) is 2.71. The maximum absolute atomic E-state index is 12.6.